The zero-order chi connectivity index (χ0) is 23.4. The quantitative estimate of drug-likeness (QED) is 0.517. The van der Waals surface area contributed by atoms with Crippen molar-refractivity contribution >= 4 is 23.1 Å². The lowest BCUT2D eigenvalue weighted by Crippen LogP contribution is -2.36. The molecule has 6 nitrogen and oxygen atoms in total. The van der Waals surface area contributed by atoms with Gasteiger partial charge in [-0.1, -0.05) is 36.4 Å². The molecule has 0 aromatic heterocycles. The number of aryl methyl sites for hydroxylation is 2. The zero-order valence-electron chi connectivity index (χ0n) is 18.9. The lowest BCUT2D eigenvalue weighted by molar-refractivity contribution is -0.137. The lowest BCUT2D eigenvalue weighted by atomic mass is 10.0. The third kappa shape index (κ3) is 4.75. The number of benzene rings is 3. The van der Waals surface area contributed by atoms with Crippen molar-refractivity contribution in [2.45, 2.75) is 13.8 Å². The van der Waals surface area contributed by atoms with Crippen molar-refractivity contribution < 1.29 is 19.1 Å². The molecule has 33 heavy (non-hydrogen) atoms. The van der Waals surface area contributed by atoms with E-state index in [0.717, 1.165) is 22.6 Å². The Morgan fingerprint density at radius 3 is 2.18 bits per heavy atom. The minimum absolute atomic E-state index is 0.137. The molecule has 0 radical (unpaired) electrons. The number of hydrogen-bond acceptors (Lipinski definition) is 5. The van der Waals surface area contributed by atoms with E-state index in [9.17, 15) is 9.59 Å². The number of anilines is 1. The van der Waals surface area contributed by atoms with E-state index in [-0.39, 0.29) is 30.7 Å². The topological polar surface area (TPSA) is 67.9 Å². The van der Waals surface area contributed by atoms with Crippen molar-refractivity contribution in [3.63, 3.8) is 0 Å². The first-order valence-corrected chi connectivity index (χ1v) is 10.7. The Hall–Kier alpha value is -4.06. The molecule has 1 N–H and O–H groups in total. The molecule has 4 rings (SSSR count). The number of hydrogen-bond donors (Lipinski definition) is 1. The first-order chi connectivity index (χ1) is 16.0. The number of nitrogens with zero attached hydrogens (tertiary/aromatic N) is 1. The number of carbonyl (C=O) groups is 2. The average Bonchev–Trinajstić information content (AvgIpc) is 3.06. The number of ether oxygens (including phenoxy) is 2. The Kier molecular flexibility index (Phi) is 6.45. The Bertz CT molecular complexity index is 1200. The summed E-state index contributed by atoms with van der Waals surface area (Å²) in [7, 11) is 1.60. The molecule has 3 aromatic carbocycles. The van der Waals surface area contributed by atoms with Gasteiger partial charge in [0.1, 0.15) is 23.8 Å². The monoisotopic (exact) mass is 442 g/mol. The molecule has 0 atom stereocenters. The Morgan fingerprint density at radius 2 is 1.52 bits per heavy atom. The maximum atomic E-state index is 13.3. The Labute approximate surface area is 193 Å². The maximum absolute atomic E-state index is 13.3. The number of rotatable bonds is 8. The predicted molar refractivity (Wildman–Crippen MR) is 128 cm³/mol. The molecule has 2 amide bonds. The minimum atomic E-state index is -0.365. The highest BCUT2D eigenvalue weighted by Gasteiger charge is 2.39. The second-order valence-electron chi connectivity index (χ2n) is 7.83. The summed E-state index contributed by atoms with van der Waals surface area (Å²) in [6.45, 7) is 4.36. The van der Waals surface area contributed by atoms with Gasteiger partial charge in [-0.25, -0.2) is 0 Å². The van der Waals surface area contributed by atoms with Crippen LogP contribution in [0.1, 0.15) is 16.7 Å². The van der Waals surface area contributed by atoms with E-state index in [0.29, 0.717) is 16.9 Å². The van der Waals surface area contributed by atoms with Crippen LogP contribution in [0.25, 0.3) is 5.57 Å². The molecule has 0 fully saturated rings. The molecule has 0 unspecified atom stereocenters. The molecule has 168 valence electrons. The summed E-state index contributed by atoms with van der Waals surface area (Å²) in [5, 5.41) is 3.20. The molecule has 1 aliphatic rings. The summed E-state index contributed by atoms with van der Waals surface area (Å²) in [6.07, 6.45) is 0. The average molecular weight is 443 g/mol. The van der Waals surface area contributed by atoms with Crippen molar-refractivity contribution in [3.05, 3.63) is 95.2 Å². The Morgan fingerprint density at radius 1 is 0.818 bits per heavy atom. The smallest absolute Gasteiger partial charge is 0.278 e. The van der Waals surface area contributed by atoms with E-state index in [1.165, 1.54) is 4.90 Å². The van der Waals surface area contributed by atoms with E-state index in [1.807, 2.05) is 62.4 Å². The van der Waals surface area contributed by atoms with E-state index in [4.69, 9.17) is 9.47 Å². The van der Waals surface area contributed by atoms with Crippen LogP contribution >= 0.6 is 0 Å². The summed E-state index contributed by atoms with van der Waals surface area (Å²) in [6, 6.07) is 22.3. The van der Waals surface area contributed by atoms with E-state index in [1.54, 1.807) is 31.4 Å². The van der Waals surface area contributed by atoms with Gasteiger partial charge in [0.15, 0.2) is 0 Å². The third-order valence-electron chi connectivity index (χ3n) is 5.65. The maximum Gasteiger partial charge on any atom is 0.278 e. The highest BCUT2D eigenvalue weighted by Crippen LogP contribution is 2.31. The largest absolute Gasteiger partial charge is 0.497 e. The highest BCUT2D eigenvalue weighted by molar-refractivity contribution is 6.36. The summed E-state index contributed by atoms with van der Waals surface area (Å²) < 4.78 is 10.9. The molecule has 0 spiro atoms. The van der Waals surface area contributed by atoms with Crippen LogP contribution in [0.15, 0.2) is 78.5 Å². The fraction of sp³-hybridized carbons (Fsp3) is 0.185. The van der Waals surface area contributed by atoms with Gasteiger partial charge in [-0.3, -0.25) is 14.5 Å². The van der Waals surface area contributed by atoms with Crippen molar-refractivity contribution in [1.82, 2.24) is 4.90 Å². The minimum Gasteiger partial charge on any atom is -0.497 e. The van der Waals surface area contributed by atoms with Crippen molar-refractivity contribution in [1.29, 1.82) is 0 Å². The molecule has 0 bridgehead atoms. The van der Waals surface area contributed by atoms with Crippen molar-refractivity contribution in [3.8, 4) is 11.5 Å². The van der Waals surface area contributed by atoms with Gasteiger partial charge in [0.05, 0.1) is 19.2 Å². The van der Waals surface area contributed by atoms with Crippen molar-refractivity contribution in [2.75, 3.05) is 25.6 Å². The number of amides is 2. The van der Waals surface area contributed by atoms with Crippen LogP contribution in [0.2, 0.25) is 0 Å². The molecular weight excluding hydrogens is 416 g/mol. The summed E-state index contributed by atoms with van der Waals surface area (Å²) in [5.41, 5.74) is 4.36. The zero-order valence-corrected chi connectivity index (χ0v) is 18.9. The van der Waals surface area contributed by atoms with Crippen LogP contribution in [0, 0.1) is 13.8 Å². The van der Waals surface area contributed by atoms with Crippen molar-refractivity contribution in [2.24, 2.45) is 0 Å². The molecular formula is C27H26N2O4. The van der Waals surface area contributed by atoms with Gasteiger partial charge in [-0.2, -0.15) is 0 Å². The fourth-order valence-electron chi connectivity index (χ4n) is 3.66. The van der Waals surface area contributed by atoms with Crippen LogP contribution in [-0.2, 0) is 9.59 Å². The normalized spacial score (nSPS) is 13.5. The van der Waals surface area contributed by atoms with Crippen LogP contribution in [0.5, 0.6) is 11.5 Å². The molecule has 0 saturated heterocycles. The summed E-state index contributed by atoms with van der Waals surface area (Å²) in [4.78, 5) is 27.8. The molecule has 3 aromatic rings. The fourth-order valence-corrected chi connectivity index (χ4v) is 3.66. The molecule has 6 heteroatoms. The SMILES string of the molecule is COc1ccc(OCCN2C(=O)C(Nc3ccc(C)c(C)c3)=C(c3ccccc3)C2=O)cc1. The van der Waals surface area contributed by atoms with Crippen LogP contribution < -0.4 is 14.8 Å². The molecule has 1 aliphatic heterocycles. The number of carbonyl (C=O) groups excluding carboxylic acids is 2. The summed E-state index contributed by atoms with van der Waals surface area (Å²) in [5.74, 6) is 0.664. The lowest BCUT2D eigenvalue weighted by Gasteiger charge is -2.16. The van der Waals surface area contributed by atoms with Gasteiger partial charge in [0.2, 0.25) is 0 Å². The van der Waals surface area contributed by atoms with Crippen LogP contribution in [0.4, 0.5) is 5.69 Å². The van der Waals surface area contributed by atoms with Crippen LogP contribution in [-0.4, -0.2) is 37.0 Å². The first kappa shape index (κ1) is 22.1. The number of nitrogens with one attached hydrogen (secondary N) is 1. The summed E-state index contributed by atoms with van der Waals surface area (Å²) >= 11 is 0. The van der Waals surface area contributed by atoms with Gasteiger partial charge < -0.3 is 14.8 Å². The highest BCUT2D eigenvalue weighted by atomic mass is 16.5. The number of imide groups is 1. The molecule has 0 saturated carbocycles. The molecule has 0 aliphatic carbocycles. The van der Waals surface area contributed by atoms with Gasteiger partial charge >= 0.3 is 0 Å². The van der Waals surface area contributed by atoms with E-state index < -0.39 is 0 Å². The van der Waals surface area contributed by atoms with Gasteiger partial charge in [-0.15, -0.1) is 0 Å². The van der Waals surface area contributed by atoms with E-state index in [2.05, 4.69) is 5.32 Å². The Balaban J connectivity index is 1.55. The molecule has 1 heterocycles. The first-order valence-electron chi connectivity index (χ1n) is 10.7. The van der Waals surface area contributed by atoms with Crippen LogP contribution in [0.3, 0.4) is 0 Å². The third-order valence-corrected chi connectivity index (χ3v) is 5.65. The van der Waals surface area contributed by atoms with Gasteiger partial charge in [0, 0.05) is 5.69 Å². The predicted octanol–water partition coefficient (Wildman–Crippen LogP) is 4.58. The standard InChI is InChI=1S/C27H26N2O4/c1-18-9-10-21(17-19(18)2)28-25-24(20-7-5-4-6-8-20)26(30)29(27(25)31)15-16-33-23-13-11-22(32-3)12-14-23/h4-14,17,28H,15-16H2,1-3H3. The second kappa shape index (κ2) is 9.61. The second-order valence-corrected chi connectivity index (χ2v) is 7.83. The van der Waals surface area contributed by atoms with Gasteiger partial charge in [-0.05, 0) is 66.9 Å². The van der Waals surface area contributed by atoms with E-state index >= 15 is 0 Å². The number of methoxy groups -OCH3 is 1. The van der Waals surface area contributed by atoms with Gasteiger partial charge in [0.25, 0.3) is 11.8 Å².